The third kappa shape index (κ3) is 2.74. The lowest BCUT2D eigenvalue weighted by Crippen LogP contribution is -2.54. The van der Waals surface area contributed by atoms with Crippen molar-refractivity contribution >= 4 is 18.4 Å². The van der Waals surface area contributed by atoms with Gasteiger partial charge in [-0.25, -0.2) is 0 Å². The Bertz CT molecular complexity index is 764. The summed E-state index contributed by atoms with van der Waals surface area (Å²) < 4.78 is 0. The lowest BCUT2D eigenvalue weighted by atomic mass is 10.1. The van der Waals surface area contributed by atoms with E-state index in [1.54, 1.807) is 0 Å². The van der Waals surface area contributed by atoms with E-state index in [0.717, 1.165) is 5.69 Å². The zero-order chi connectivity index (χ0) is 15.6. The van der Waals surface area contributed by atoms with Crippen molar-refractivity contribution in [3.05, 3.63) is 78.5 Å². The summed E-state index contributed by atoms with van der Waals surface area (Å²) in [6.07, 6.45) is 2.09. The highest BCUT2D eigenvalue weighted by atomic mass is 28.3. The fourth-order valence-electron chi connectivity index (χ4n) is 2.99. The van der Waals surface area contributed by atoms with Crippen molar-refractivity contribution in [2.45, 2.75) is 20.0 Å². The van der Waals surface area contributed by atoms with Crippen LogP contribution in [0.25, 0.3) is 11.3 Å². The maximum Gasteiger partial charge on any atom is 0.114 e. The molecule has 3 aromatic rings. The van der Waals surface area contributed by atoms with E-state index in [0.29, 0.717) is 0 Å². The topological polar surface area (TPSA) is 12.9 Å². The van der Waals surface area contributed by atoms with Crippen LogP contribution in [0.3, 0.4) is 0 Å². The highest BCUT2D eigenvalue weighted by molar-refractivity contribution is 7.00. The first-order valence-electron chi connectivity index (χ1n) is 7.67. The van der Waals surface area contributed by atoms with Gasteiger partial charge in [0.25, 0.3) is 0 Å². The van der Waals surface area contributed by atoms with Crippen LogP contribution in [-0.2, 0) is 0 Å². The van der Waals surface area contributed by atoms with E-state index < -0.39 is 8.07 Å². The molecule has 22 heavy (non-hydrogen) atoms. The van der Waals surface area contributed by atoms with Crippen molar-refractivity contribution in [1.82, 2.24) is 4.98 Å². The summed E-state index contributed by atoms with van der Waals surface area (Å²) in [4.78, 5) is 4.74. The molecule has 0 N–H and O–H groups in total. The Balaban J connectivity index is 2.03. The van der Waals surface area contributed by atoms with Crippen LogP contribution >= 0.6 is 0 Å². The first-order chi connectivity index (χ1) is 10.6. The number of benzene rings is 2. The van der Waals surface area contributed by atoms with E-state index in [-0.39, 0.29) is 0 Å². The number of aromatic nitrogens is 1. The summed E-state index contributed by atoms with van der Waals surface area (Å²) in [6.45, 7) is 7.00. The highest BCUT2D eigenvalue weighted by Gasteiger charge is 2.27. The van der Waals surface area contributed by atoms with Crippen LogP contribution in [-0.4, -0.2) is 13.1 Å². The van der Waals surface area contributed by atoms with Gasteiger partial charge in [0.2, 0.25) is 0 Å². The van der Waals surface area contributed by atoms with Crippen molar-refractivity contribution in [2.24, 2.45) is 0 Å². The maximum atomic E-state index is 4.74. The minimum atomic E-state index is -1.69. The van der Waals surface area contributed by atoms with Gasteiger partial charge in [0.05, 0.1) is 5.69 Å². The van der Waals surface area contributed by atoms with Crippen molar-refractivity contribution in [3.63, 3.8) is 0 Å². The molecule has 0 saturated carbocycles. The molecule has 0 aliphatic rings. The molecule has 0 bridgehead atoms. The zero-order valence-corrected chi connectivity index (χ0v) is 14.4. The largest absolute Gasteiger partial charge is 0.256 e. The van der Waals surface area contributed by atoms with Crippen LogP contribution < -0.4 is 10.4 Å². The average molecular weight is 303 g/mol. The van der Waals surface area contributed by atoms with E-state index in [4.69, 9.17) is 4.98 Å². The van der Waals surface area contributed by atoms with Gasteiger partial charge in [-0.15, -0.1) is 0 Å². The molecule has 1 aromatic heterocycles. The number of pyridine rings is 1. The van der Waals surface area contributed by atoms with Gasteiger partial charge in [-0.05, 0) is 23.7 Å². The Hall–Kier alpha value is -2.19. The quantitative estimate of drug-likeness (QED) is 0.669. The van der Waals surface area contributed by atoms with Crippen LogP contribution in [0.2, 0.25) is 13.1 Å². The van der Waals surface area contributed by atoms with Crippen molar-refractivity contribution < 1.29 is 0 Å². The molecule has 0 aliphatic carbocycles. The third-order valence-corrected chi connectivity index (χ3v) is 8.00. The molecule has 1 heterocycles. The molecule has 0 fully saturated rings. The van der Waals surface area contributed by atoms with Crippen LogP contribution in [0.15, 0.2) is 72.9 Å². The Morgan fingerprint density at radius 1 is 0.818 bits per heavy atom. The van der Waals surface area contributed by atoms with Gasteiger partial charge in [0, 0.05) is 11.8 Å². The Labute approximate surface area is 133 Å². The number of nitrogens with zero attached hydrogens (tertiary/aromatic N) is 1. The number of hydrogen-bond donors (Lipinski definition) is 0. The van der Waals surface area contributed by atoms with Gasteiger partial charge in [-0.3, -0.25) is 4.98 Å². The molecule has 110 valence electrons. The minimum absolute atomic E-state index is 1.06. The summed E-state index contributed by atoms with van der Waals surface area (Å²) in [5.74, 6) is 0. The number of hydrogen-bond acceptors (Lipinski definition) is 1. The monoisotopic (exact) mass is 303 g/mol. The first-order valence-corrected chi connectivity index (χ1v) is 10.7. The minimum Gasteiger partial charge on any atom is -0.256 e. The van der Waals surface area contributed by atoms with E-state index in [1.165, 1.54) is 21.5 Å². The molecule has 2 aromatic carbocycles. The van der Waals surface area contributed by atoms with Crippen molar-refractivity contribution in [1.29, 1.82) is 0 Å². The molecule has 0 aliphatic heterocycles. The van der Waals surface area contributed by atoms with Crippen LogP contribution in [0.4, 0.5) is 0 Å². The summed E-state index contributed by atoms with van der Waals surface area (Å²) in [7, 11) is -1.69. The SMILES string of the molecule is Cc1cc(-c2ccccc2)ncc1[Si](C)(C)c1ccccc1. The Morgan fingerprint density at radius 3 is 2.00 bits per heavy atom. The predicted octanol–water partition coefficient (Wildman–Crippen LogP) is 3.88. The van der Waals surface area contributed by atoms with Gasteiger partial charge in [0.1, 0.15) is 8.07 Å². The van der Waals surface area contributed by atoms with E-state index in [1.807, 2.05) is 6.07 Å². The summed E-state index contributed by atoms with van der Waals surface area (Å²) in [5, 5.41) is 2.87. The van der Waals surface area contributed by atoms with Gasteiger partial charge in [-0.1, -0.05) is 78.9 Å². The molecule has 3 rings (SSSR count). The zero-order valence-electron chi connectivity index (χ0n) is 13.4. The summed E-state index contributed by atoms with van der Waals surface area (Å²) in [5.41, 5.74) is 3.57. The molecule has 0 spiro atoms. The summed E-state index contributed by atoms with van der Waals surface area (Å²) >= 11 is 0. The van der Waals surface area contributed by atoms with Gasteiger partial charge < -0.3 is 0 Å². The van der Waals surface area contributed by atoms with E-state index in [2.05, 4.69) is 86.9 Å². The second kappa shape index (κ2) is 5.89. The van der Waals surface area contributed by atoms with Crippen LogP contribution in [0.5, 0.6) is 0 Å². The van der Waals surface area contributed by atoms with E-state index in [9.17, 15) is 0 Å². The average Bonchev–Trinajstić information content (AvgIpc) is 2.56. The highest BCUT2D eigenvalue weighted by Crippen LogP contribution is 2.18. The predicted molar refractivity (Wildman–Crippen MR) is 97.6 cm³/mol. The second-order valence-corrected chi connectivity index (χ2v) is 10.6. The number of aryl methyl sites for hydroxylation is 1. The molecule has 0 radical (unpaired) electrons. The van der Waals surface area contributed by atoms with Gasteiger partial charge in [-0.2, -0.15) is 0 Å². The number of rotatable bonds is 3. The van der Waals surface area contributed by atoms with Crippen molar-refractivity contribution in [2.75, 3.05) is 0 Å². The molecule has 0 atom stereocenters. The molecule has 0 saturated heterocycles. The lowest BCUT2D eigenvalue weighted by Gasteiger charge is -2.25. The molecule has 1 nitrogen and oxygen atoms in total. The standard InChI is InChI=1S/C20H21NSi/c1-16-14-19(17-10-6-4-7-11-17)21-15-20(16)22(2,3)18-12-8-5-9-13-18/h4-15H,1-3H3. The molecule has 0 unspecified atom stereocenters. The lowest BCUT2D eigenvalue weighted by molar-refractivity contribution is 1.30. The normalized spacial score (nSPS) is 11.4. The smallest absolute Gasteiger partial charge is 0.114 e. The van der Waals surface area contributed by atoms with Crippen LogP contribution in [0.1, 0.15) is 5.56 Å². The fraction of sp³-hybridized carbons (Fsp3) is 0.150. The molecular formula is C20H21NSi. The maximum absolute atomic E-state index is 4.74. The van der Waals surface area contributed by atoms with Crippen LogP contribution in [0, 0.1) is 6.92 Å². The first kappa shape index (κ1) is 14.7. The second-order valence-electron chi connectivity index (χ2n) is 6.24. The van der Waals surface area contributed by atoms with Gasteiger partial charge >= 0.3 is 0 Å². The fourth-order valence-corrected chi connectivity index (χ4v) is 5.77. The summed E-state index contributed by atoms with van der Waals surface area (Å²) in [6, 6.07) is 23.4. The molecule has 2 heteroatoms. The Morgan fingerprint density at radius 2 is 1.41 bits per heavy atom. The van der Waals surface area contributed by atoms with E-state index >= 15 is 0 Å². The molecule has 0 amide bonds. The van der Waals surface area contributed by atoms with Gasteiger partial charge in [0.15, 0.2) is 0 Å². The van der Waals surface area contributed by atoms with Crippen molar-refractivity contribution in [3.8, 4) is 11.3 Å². The Kier molecular flexibility index (Phi) is 3.95. The molecular weight excluding hydrogens is 282 g/mol. The third-order valence-electron chi connectivity index (χ3n) is 4.35.